The number of aliphatic hydroxyl groups excluding tert-OH is 1. The number of sulfonamides is 1. The number of aromatic nitrogens is 1. The van der Waals surface area contributed by atoms with E-state index >= 15 is 0 Å². The molecule has 1 fully saturated rings. The fourth-order valence-electron chi connectivity index (χ4n) is 3.70. The smallest absolute Gasteiger partial charge is 0.256 e. The van der Waals surface area contributed by atoms with Gasteiger partial charge in [-0.2, -0.15) is 4.31 Å². The van der Waals surface area contributed by atoms with Gasteiger partial charge in [-0.1, -0.05) is 0 Å². The average Bonchev–Trinajstić information content (AvgIpc) is 3.24. The molecule has 32 heavy (non-hydrogen) atoms. The molecule has 1 aliphatic rings. The number of aromatic amines is 1. The van der Waals surface area contributed by atoms with Crippen molar-refractivity contribution in [3.8, 4) is 0 Å². The number of benzene rings is 2. The summed E-state index contributed by atoms with van der Waals surface area (Å²) in [6.07, 6.45) is 1.71. The van der Waals surface area contributed by atoms with Gasteiger partial charge in [0.25, 0.3) is 5.91 Å². The molecule has 2 aromatic carbocycles. The van der Waals surface area contributed by atoms with Crippen molar-refractivity contribution >= 4 is 32.5 Å². The fraction of sp³-hybridized carbons (Fsp3) is 0.286. The SMILES string of the molecule is O=C(Nc1ccc(F)c(F)c1)c1cc(S(=O)(=O)N2CCC(O)(CO)CC2)cc2[nH]ccc12. The van der Waals surface area contributed by atoms with Gasteiger partial charge in [-0.25, -0.2) is 17.2 Å². The molecule has 11 heteroatoms. The van der Waals surface area contributed by atoms with Crippen LogP contribution in [-0.2, 0) is 10.0 Å². The zero-order valence-corrected chi connectivity index (χ0v) is 17.6. The van der Waals surface area contributed by atoms with E-state index in [2.05, 4.69) is 10.3 Å². The maximum absolute atomic E-state index is 13.5. The summed E-state index contributed by atoms with van der Waals surface area (Å²) in [6, 6.07) is 7.15. The molecule has 1 aliphatic heterocycles. The van der Waals surface area contributed by atoms with Crippen molar-refractivity contribution in [3.63, 3.8) is 0 Å². The number of rotatable bonds is 5. The predicted molar refractivity (Wildman–Crippen MR) is 113 cm³/mol. The number of carbonyl (C=O) groups excluding carboxylic acids is 1. The molecule has 0 bridgehead atoms. The van der Waals surface area contributed by atoms with Crippen LogP contribution in [0, 0.1) is 11.6 Å². The van der Waals surface area contributed by atoms with Gasteiger partial charge in [0.2, 0.25) is 10.0 Å². The first-order chi connectivity index (χ1) is 15.1. The van der Waals surface area contributed by atoms with E-state index in [9.17, 15) is 32.2 Å². The third-order valence-electron chi connectivity index (χ3n) is 5.65. The van der Waals surface area contributed by atoms with Gasteiger partial charge in [0.05, 0.1) is 22.7 Å². The van der Waals surface area contributed by atoms with Crippen LogP contribution in [0.5, 0.6) is 0 Å². The molecule has 0 radical (unpaired) electrons. The Kier molecular flexibility index (Phi) is 5.76. The number of nitrogens with one attached hydrogen (secondary N) is 2. The molecule has 1 saturated heterocycles. The Morgan fingerprint density at radius 2 is 1.84 bits per heavy atom. The van der Waals surface area contributed by atoms with Crippen LogP contribution >= 0.6 is 0 Å². The second kappa shape index (κ2) is 8.24. The van der Waals surface area contributed by atoms with E-state index in [1.807, 2.05) is 0 Å². The molecule has 0 aliphatic carbocycles. The standard InChI is InChI=1S/C21H21F2N3O5S/c22-17-2-1-13(9-18(17)23)25-20(28)16-10-14(11-19-15(16)3-6-24-19)32(30,31)26-7-4-21(29,12-27)5-8-26/h1-3,6,9-11,24,27,29H,4-5,7-8,12H2,(H,25,28). The molecule has 0 atom stereocenters. The summed E-state index contributed by atoms with van der Waals surface area (Å²) < 4.78 is 54.3. The van der Waals surface area contributed by atoms with Crippen LogP contribution in [0.2, 0.25) is 0 Å². The van der Waals surface area contributed by atoms with E-state index in [1.165, 1.54) is 22.5 Å². The Morgan fingerprint density at radius 3 is 2.50 bits per heavy atom. The first-order valence-electron chi connectivity index (χ1n) is 9.84. The van der Waals surface area contributed by atoms with Crippen LogP contribution in [0.1, 0.15) is 23.2 Å². The summed E-state index contributed by atoms with van der Waals surface area (Å²) in [5.74, 6) is -2.87. The van der Waals surface area contributed by atoms with E-state index in [0.29, 0.717) is 10.9 Å². The number of carbonyl (C=O) groups is 1. The van der Waals surface area contributed by atoms with Crippen molar-refractivity contribution < 1.29 is 32.2 Å². The van der Waals surface area contributed by atoms with E-state index in [1.54, 1.807) is 12.3 Å². The molecule has 1 aromatic heterocycles. The van der Waals surface area contributed by atoms with E-state index < -0.39 is 39.8 Å². The molecule has 0 spiro atoms. The van der Waals surface area contributed by atoms with Crippen LogP contribution in [-0.4, -0.2) is 59.1 Å². The number of nitrogens with zero attached hydrogens (tertiary/aromatic N) is 1. The maximum atomic E-state index is 13.5. The highest BCUT2D eigenvalue weighted by atomic mass is 32.2. The average molecular weight is 465 g/mol. The normalized spacial score (nSPS) is 16.9. The maximum Gasteiger partial charge on any atom is 0.256 e. The molecular formula is C21H21F2N3O5S. The largest absolute Gasteiger partial charge is 0.393 e. The lowest BCUT2D eigenvalue weighted by Crippen LogP contribution is -2.48. The van der Waals surface area contributed by atoms with Gasteiger partial charge in [-0.3, -0.25) is 4.79 Å². The molecule has 4 rings (SSSR count). The van der Waals surface area contributed by atoms with Gasteiger partial charge in [-0.05, 0) is 43.2 Å². The number of aliphatic hydroxyl groups is 2. The second-order valence-electron chi connectivity index (χ2n) is 7.78. The summed E-state index contributed by atoms with van der Waals surface area (Å²) in [6.45, 7) is -0.430. The van der Waals surface area contributed by atoms with Crippen LogP contribution in [0.3, 0.4) is 0 Å². The number of hydrogen-bond donors (Lipinski definition) is 4. The van der Waals surface area contributed by atoms with Crippen LogP contribution in [0.4, 0.5) is 14.5 Å². The minimum absolute atomic E-state index is 0.0124. The number of amides is 1. The van der Waals surface area contributed by atoms with E-state index in [4.69, 9.17) is 0 Å². The lowest BCUT2D eigenvalue weighted by molar-refractivity contribution is -0.0480. The monoisotopic (exact) mass is 465 g/mol. The zero-order valence-electron chi connectivity index (χ0n) is 16.8. The Labute approximate surface area is 182 Å². The van der Waals surface area contributed by atoms with Crippen LogP contribution < -0.4 is 5.32 Å². The van der Waals surface area contributed by atoms with Crippen molar-refractivity contribution in [2.24, 2.45) is 0 Å². The van der Waals surface area contributed by atoms with Crippen molar-refractivity contribution in [3.05, 3.63) is 59.8 Å². The third kappa shape index (κ3) is 4.11. The molecule has 170 valence electrons. The summed E-state index contributed by atoms with van der Waals surface area (Å²) in [7, 11) is -4.00. The van der Waals surface area contributed by atoms with Crippen molar-refractivity contribution in [1.29, 1.82) is 0 Å². The molecule has 0 saturated carbocycles. The second-order valence-corrected chi connectivity index (χ2v) is 9.72. The number of piperidine rings is 1. The number of anilines is 1. The Hall–Kier alpha value is -2.86. The molecule has 2 heterocycles. The van der Waals surface area contributed by atoms with Gasteiger partial charge in [0.1, 0.15) is 0 Å². The zero-order chi connectivity index (χ0) is 23.1. The van der Waals surface area contributed by atoms with E-state index in [0.717, 1.165) is 12.1 Å². The molecule has 3 aromatic rings. The summed E-state index contributed by atoms with van der Waals surface area (Å²) >= 11 is 0. The Balaban J connectivity index is 1.67. The molecular weight excluding hydrogens is 444 g/mol. The van der Waals surface area contributed by atoms with E-state index in [-0.39, 0.29) is 42.1 Å². The molecule has 8 nitrogen and oxygen atoms in total. The minimum Gasteiger partial charge on any atom is -0.393 e. The topological polar surface area (TPSA) is 123 Å². The van der Waals surface area contributed by atoms with Crippen LogP contribution in [0.25, 0.3) is 10.9 Å². The van der Waals surface area contributed by atoms with Gasteiger partial charge >= 0.3 is 0 Å². The highest BCUT2D eigenvalue weighted by Gasteiger charge is 2.37. The number of halogens is 2. The number of H-pyrrole nitrogens is 1. The third-order valence-corrected chi connectivity index (χ3v) is 7.53. The summed E-state index contributed by atoms with van der Waals surface area (Å²) in [5.41, 5.74) is -0.850. The lowest BCUT2D eigenvalue weighted by Gasteiger charge is -2.36. The summed E-state index contributed by atoms with van der Waals surface area (Å²) in [4.78, 5) is 15.7. The van der Waals surface area contributed by atoms with Crippen LogP contribution in [0.15, 0.2) is 47.5 Å². The number of hydrogen-bond acceptors (Lipinski definition) is 5. The summed E-state index contributed by atoms with van der Waals surface area (Å²) in [5, 5.41) is 22.4. The lowest BCUT2D eigenvalue weighted by atomic mass is 9.94. The fourth-order valence-corrected chi connectivity index (χ4v) is 5.19. The highest BCUT2D eigenvalue weighted by molar-refractivity contribution is 7.89. The molecule has 4 N–H and O–H groups in total. The van der Waals surface area contributed by atoms with Gasteiger partial charge in [-0.15, -0.1) is 0 Å². The first kappa shape index (κ1) is 22.3. The van der Waals surface area contributed by atoms with Crippen molar-refractivity contribution in [1.82, 2.24) is 9.29 Å². The Bertz CT molecular complexity index is 1280. The van der Waals surface area contributed by atoms with Crippen molar-refractivity contribution in [2.45, 2.75) is 23.3 Å². The van der Waals surface area contributed by atoms with Crippen molar-refractivity contribution in [2.75, 3.05) is 25.0 Å². The Morgan fingerprint density at radius 1 is 1.12 bits per heavy atom. The quantitative estimate of drug-likeness (QED) is 0.460. The molecule has 1 amide bonds. The predicted octanol–water partition coefficient (Wildman–Crippen LogP) is 2.21. The first-order valence-corrected chi connectivity index (χ1v) is 11.3. The van der Waals surface area contributed by atoms with Gasteiger partial charge in [0.15, 0.2) is 11.6 Å². The minimum atomic E-state index is -4.00. The highest BCUT2D eigenvalue weighted by Crippen LogP contribution is 2.30. The van der Waals surface area contributed by atoms with Gasteiger partial charge in [0, 0.05) is 41.9 Å². The van der Waals surface area contributed by atoms with Gasteiger partial charge < -0.3 is 20.5 Å². The number of fused-ring (bicyclic) bond motifs is 1. The molecule has 0 unspecified atom stereocenters.